The van der Waals surface area contributed by atoms with Crippen LogP contribution in [0.25, 0.3) is 0 Å². The highest BCUT2D eigenvalue weighted by molar-refractivity contribution is 6.58. The van der Waals surface area contributed by atoms with E-state index in [1.165, 1.54) is 19.2 Å². The first-order valence-electron chi connectivity index (χ1n) is 6.58. The lowest BCUT2D eigenvalue weighted by Gasteiger charge is -2.10. The van der Waals surface area contributed by atoms with Crippen molar-refractivity contribution in [1.29, 1.82) is 0 Å². The Labute approximate surface area is 127 Å². The van der Waals surface area contributed by atoms with E-state index in [4.69, 9.17) is 14.8 Å². The zero-order valence-corrected chi connectivity index (χ0v) is 11.9. The highest BCUT2D eigenvalue weighted by Gasteiger charge is 2.15. The van der Waals surface area contributed by atoms with Gasteiger partial charge in [-0.1, -0.05) is 24.3 Å². The number of carbonyl (C=O) groups excluding carboxylic acids is 1. The molecule has 2 rings (SSSR count). The van der Waals surface area contributed by atoms with Crippen LogP contribution in [0.2, 0.25) is 0 Å². The third-order valence-electron chi connectivity index (χ3n) is 3.17. The zero-order chi connectivity index (χ0) is 16.1. The van der Waals surface area contributed by atoms with Crippen molar-refractivity contribution < 1.29 is 24.0 Å². The van der Waals surface area contributed by atoms with Crippen LogP contribution in [-0.2, 0) is 6.54 Å². The normalized spacial score (nSPS) is 10.2. The molecule has 0 heterocycles. The van der Waals surface area contributed by atoms with Gasteiger partial charge in [-0.3, -0.25) is 4.79 Å². The van der Waals surface area contributed by atoms with Crippen molar-refractivity contribution in [3.8, 4) is 5.75 Å². The molecule has 0 atom stereocenters. The average molecular weight is 303 g/mol. The molecule has 0 radical (unpaired) electrons. The second-order valence-corrected chi connectivity index (χ2v) is 4.61. The highest BCUT2D eigenvalue weighted by atomic mass is 19.1. The fraction of sp³-hybridized carbons (Fsp3) is 0.133. The summed E-state index contributed by atoms with van der Waals surface area (Å²) in [6, 6.07) is 10.5. The molecule has 0 aliphatic carbocycles. The van der Waals surface area contributed by atoms with Gasteiger partial charge in [-0.2, -0.15) is 0 Å². The summed E-state index contributed by atoms with van der Waals surface area (Å²) >= 11 is 0. The predicted octanol–water partition coefficient (Wildman–Crippen LogP) is 0.444. The van der Waals surface area contributed by atoms with Crippen molar-refractivity contribution >= 4 is 18.5 Å². The van der Waals surface area contributed by atoms with Gasteiger partial charge in [0.05, 0.1) is 12.7 Å². The second kappa shape index (κ2) is 7.06. The lowest BCUT2D eigenvalue weighted by Crippen LogP contribution is -2.31. The van der Waals surface area contributed by atoms with Gasteiger partial charge in [0.2, 0.25) is 0 Å². The topological polar surface area (TPSA) is 78.8 Å². The van der Waals surface area contributed by atoms with E-state index >= 15 is 0 Å². The van der Waals surface area contributed by atoms with Gasteiger partial charge in [-0.15, -0.1) is 0 Å². The van der Waals surface area contributed by atoms with Gasteiger partial charge >= 0.3 is 7.12 Å². The van der Waals surface area contributed by atoms with Gasteiger partial charge in [0.1, 0.15) is 11.6 Å². The van der Waals surface area contributed by atoms with E-state index in [0.29, 0.717) is 11.3 Å². The molecule has 2 aromatic rings. The van der Waals surface area contributed by atoms with Crippen LogP contribution >= 0.6 is 0 Å². The van der Waals surface area contributed by atoms with E-state index in [-0.39, 0.29) is 23.5 Å². The zero-order valence-electron chi connectivity index (χ0n) is 11.9. The summed E-state index contributed by atoms with van der Waals surface area (Å²) in [5.74, 6) is -0.576. The van der Waals surface area contributed by atoms with Crippen LogP contribution in [-0.4, -0.2) is 30.2 Å². The summed E-state index contributed by atoms with van der Waals surface area (Å²) < 4.78 is 18.9. The van der Waals surface area contributed by atoms with Gasteiger partial charge in [-0.05, 0) is 23.7 Å². The molecule has 5 nitrogen and oxygen atoms in total. The Morgan fingerprint density at radius 2 is 2.00 bits per heavy atom. The standard InChI is InChI=1S/C15H15BFNO4/c1-22-14-5-3-2-4-12(14)15(19)18-9-10-6-7-11(16(20)21)8-13(10)17/h2-8,20-21H,9H2,1H3,(H,18,19). The van der Waals surface area contributed by atoms with E-state index in [0.717, 1.165) is 6.07 Å². The summed E-state index contributed by atoms with van der Waals surface area (Å²) in [6.45, 7) is -0.0233. The Hall–Kier alpha value is -2.38. The number of benzene rings is 2. The predicted molar refractivity (Wildman–Crippen MR) is 80.4 cm³/mol. The molecule has 2 aromatic carbocycles. The van der Waals surface area contributed by atoms with Gasteiger partial charge < -0.3 is 20.1 Å². The first-order chi connectivity index (χ1) is 10.5. The summed E-state index contributed by atoms with van der Waals surface area (Å²) in [5, 5.41) is 20.5. The van der Waals surface area contributed by atoms with Crippen molar-refractivity contribution in [2.45, 2.75) is 6.54 Å². The van der Waals surface area contributed by atoms with Crippen LogP contribution in [0.4, 0.5) is 4.39 Å². The molecule has 3 N–H and O–H groups in total. The van der Waals surface area contributed by atoms with E-state index in [2.05, 4.69) is 5.32 Å². The molecule has 0 aliphatic rings. The molecular formula is C15H15BFNO4. The maximum absolute atomic E-state index is 13.8. The largest absolute Gasteiger partial charge is 0.496 e. The van der Waals surface area contributed by atoms with E-state index in [9.17, 15) is 9.18 Å². The summed E-state index contributed by atoms with van der Waals surface area (Å²) in [7, 11) is -0.267. The smallest absolute Gasteiger partial charge is 0.488 e. The average Bonchev–Trinajstić information content (AvgIpc) is 2.53. The van der Waals surface area contributed by atoms with Crippen molar-refractivity contribution in [2.75, 3.05) is 7.11 Å². The lowest BCUT2D eigenvalue weighted by atomic mass is 9.80. The summed E-state index contributed by atoms with van der Waals surface area (Å²) in [4.78, 5) is 12.1. The van der Waals surface area contributed by atoms with E-state index in [1.807, 2.05) is 0 Å². The number of rotatable bonds is 5. The van der Waals surface area contributed by atoms with Crippen LogP contribution in [0.3, 0.4) is 0 Å². The summed E-state index contributed by atoms with van der Waals surface area (Å²) in [5.41, 5.74) is 0.651. The number of carbonyl (C=O) groups is 1. The van der Waals surface area contributed by atoms with Crippen LogP contribution in [0.5, 0.6) is 5.75 Å². The SMILES string of the molecule is COc1ccccc1C(=O)NCc1ccc(B(O)O)cc1F. The second-order valence-electron chi connectivity index (χ2n) is 4.61. The number of hydrogen-bond acceptors (Lipinski definition) is 4. The third-order valence-corrected chi connectivity index (χ3v) is 3.17. The van der Waals surface area contributed by atoms with Crippen molar-refractivity contribution in [2.24, 2.45) is 0 Å². The monoisotopic (exact) mass is 303 g/mol. The molecule has 7 heteroatoms. The van der Waals surface area contributed by atoms with Crippen LogP contribution in [0, 0.1) is 5.82 Å². The van der Waals surface area contributed by atoms with Crippen molar-refractivity contribution in [1.82, 2.24) is 5.32 Å². The number of hydrogen-bond donors (Lipinski definition) is 3. The first kappa shape index (κ1) is 16.0. The fourth-order valence-corrected chi connectivity index (χ4v) is 1.97. The van der Waals surface area contributed by atoms with E-state index in [1.54, 1.807) is 24.3 Å². The Bertz CT molecular complexity index is 678. The molecule has 0 aromatic heterocycles. The Kier molecular flexibility index (Phi) is 5.14. The molecule has 22 heavy (non-hydrogen) atoms. The molecule has 0 saturated heterocycles. The number of amides is 1. The minimum Gasteiger partial charge on any atom is -0.496 e. The first-order valence-corrected chi connectivity index (χ1v) is 6.58. The van der Waals surface area contributed by atoms with Gasteiger partial charge in [0.25, 0.3) is 5.91 Å². The van der Waals surface area contributed by atoms with Gasteiger partial charge in [0.15, 0.2) is 0 Å². The minimum absolute atomic E-state index is 0.0233. The molecule has 1 amide bonds. The highest BCUT2D eigenvalue weighted by Crippen LogP contribution is 2.17. The van der Waals surface area contributed by atoms with Crippen molar-refractivity contribution in [3.63, 3.8) is 0 Å². The maximum atomic E-state index is 13.8. The molecule has 0 fully saturated rings. The number of halogens is 1. The number of nitrogens with one attached hydrogen (secondary N) is 1. The molecule has 0 spiro atoms. The Balaban J connectivity index is 2.08. The minimum atomic E-state index is -1.73. The third kappa shape index (κ3) is 3.63. The molecule has 114 valence electrons. The van der Waals surface area contributed by atoms with Gasteiger partial charge in [0, 0.05) is 12.1 Å². The molecule has 0 unspecified atom stereocenters. The fourth-order valence-electron chi connectivity index (χ4n) is 1.97. The number of ether oxygens (including phenoxy) is 1. The van der Waals surface area contributed by atoms with Gasteiger partial charge in [-0.25, -0.2) is 4.39 Å². The quantitative estimate of drug-likeness (QED) is 0.701. The summed E-state index contributed by atoms with van der Waals surface area (Å²) in [6.07, 6.45) is 0. The lowest BCUT2D eigenvalue weighted by molar-refractivity contribution is 0.0947. The van der Waals surface area contributed by atoms with Crippen molar-refractivity contribution in [3.05, 3.63) is 59.4 Å². The Morgan fingerprint density at radius 3 is 2.64 bits per heavy atom. The number of para-hydroxylation sites is 1. The van der Waals surface area contributed by atoms with E-state index < -0.39 is 12.9 Å². The van der Waals surface area contributed by atoms with Crippen LogP contribution in [0.15, 0.2) is 42.5 Å². The van der Waals surface area contributed by atoms with Crippen LogP contribution < -0.4 is 15.5 Å². The maximum Gasteiger partial charge on any atom is 0.488 e. The number of methoxy groups -OCH3 is 1. The Morgan fingerprint density at radius 1 is 1.27 bits per heavy atom. The van der Waals surface area contributed by atoms with Crippen LogP contribution in [0.1, 0.15) is 15.9 Å². The molecular weight excluding hydrogens is 288 g/mol. The molecule has 0 bridgehead atoms. The molecule has 0 saturated carbocycles. The molecule has 0 aliphatic heterocycles.